The minimum absolute atomic E-state index is 0.0849. The van der Waals surface area contributed by atoms with Crippen molar-refractivity contribution in [1.29, 1.82) is 0 Å². The van der Waals surface area contributed by atoms with E-state index in [1.165, 1.54) is 7.05 Å². The maximum absolute atomic E-state index is 13.8. The highest BCUT2D eigenvalue weighted by molar-refractivity contribution is 7.89. The molecule has 0 saturated heterocycles. The van der Waals surface area contributed by atoms with E-state index in [1.807, 2.05) is 0 Å². The van der Waals surface area contributed by atoms with Crippen molar-refractivity contribution in [3.05, 3.63) is 64.4 Å². The summed E-state index contributed by atoms with van der Waals surface area (Å²) in [7, 11) is -2.56. The highest BCUT2D eigenvalue weighted by Gasteiger charge is 2.19. The van der Waals surface area contributed by atoms with Gasteiger partial charge in [-0.25, -0.2) is 22.3 Å². The second-order valence-electron chi connectivity index (χ2n) is 4.55. The van der Waals surface area contributed by atoms with E-state index in [0.717, 1.165) is 18.2 Å². The van der Waals surface area contributed by atoms with Crippen LogP contribution in [-0.2, 0) is 21.4 Å². The minimum atomic E-state index is -3.78. The molecule has 122 valence electrons. The average Bonchev–Trinajstić information content (AvgIpc) is 2.54. The number of carbonyl (C=O) groups is 1. The normalized spacial score (nSPS) is 11.3. The maximum Gasteiger partial charge on any atom is 0.341 e. The van der Waals surface area contributed by atoms with Crippen molar-refractivity contribution < 1.29 is 22.3 Å². The summed E-state index contributed by atoms with van der Waals surface area (Å²) in [6.45, 7) is -0.0849. The van der Waals surface area contributed by atoms with Gasteiger partial charge < -0.3 is 4.74 Å². The van der Waals surface area contributed by atoms with Gasteiger partial charge in [-0.15, -0.1) is 0 Å². The Bertz CT molecular complexity index is 822. The van der Waals surface area contributed by atoms with Crippen molar-refractivity contribution in [1.82, 2.24) is 4.72 Å². The van der Waals surface area contributed by atoms with Gasteiger partial charge in [-0.2, -0.15) is 0 Å². The van der Waals surface area contributed by atoms with Crippen molar-refractivity contribution in [3.8, 4) is 0 Å². The van der Waals surface area contributed by atoms with Crippen molar-refractivity contribution >= 4 is 27.6 Å². The molecular weight excluding hydrogens is 345 g/mol. The standard InChI is InChI=1S/C15H13ClFNO4S/c1-18-23(20,21)12-6-7-14(17)13(8-12)15(19)22-9-10-2-4-11(16)5-3-10/h2-8,18H,9H2,1H3. The molecule has 0 aliphatic carbocycles. The largest absolute Gasteiger partial charge is 0.457 e. The molecular formula is C15H13ClFNO4S. The summed E-state index contributed by atoms with van der Waals surface area (Å²) < 4.78 is 44.2. The summed E-state index contributed by atoms with van der Waals surface area (Å²) in [6.07, 6.45) is 0. The second-order valence-corrected chi connectivity index (χ2v) is 6.87. The predicted molar refractivity (Wildman–Crippen MR) is 83.2 cm³/mol. The highest BCUT2D eigenvalue weighted by Crippen LogP contribution is 2.17. The van der Waals surface area contributed by atoms with Crippen LogP contribution in [0.1, 0.15) is 15.9 Å². The van der Waals surface area contributed by atoms with Crippen LogP contribution in [0.25, 0.3) is 0 Å². The van der Waals surface area contributed by atoms with Crippen LogP contribution in [0.15, 0.2) is 47.4 Å². The molecule has 8 heteroatoms. The lowest BCUT2D eigenvalue weighted by Crippen LogP contribution is -2.19. The van der Waals surface area contributed by atoms with Crippen molar-refractivity contribution in [2.75, 3.05) is 7.05 Å². The Morgan fingerprint density at radius 3 is 2.48 bits per heavy atom. The number of hydrogen-bond donors (Lipinski definition) is 1. The zero-order chi connectivity index (χ0) is 17.0. The van der Waals surface area contributed by atoms with Crippen molar-refractivity contribution in [2.24, 2.45) is 0 Å². The highest BCUT2D eigenvalue weighted by atomic mass is 35.5. The number of sulfonamides is 1. The monoisotopic (exact) mass is 357 g/mol. The zero-order valence-electron chi connectivity index (χ0n) is 12.0. The fourth-order valence-corrected chi connectivity index (χ4v) is 2.63. The topological polar surface area (TPSA) is 72.5 Å². The number of rotatable bonds is 5. The minimum Gasteiger partial charge on any atom is -0.457 e. The fourth-order valence-electron chi connectivity index (χ4n) is 1.75. The molecule has 23 heavy (non-hydrogen) atoms. The summed E-state index contributed by atoms with van der Waals surface area (Å²) in [5.41, 5.74) is 0.220. The molecule has 0 radical (unpaired) electrons. The quantitative estimate of drug-likeness (QED) is 0.835. The Morgan fingerprint density at radius 1 is 1.22 bits per heavy atom. The Morgan fingerprint density at radius 2 is 1.87 bits per heavy atom. The van der Waals surface area contributed by atoms with E-state index < -0.39 is 27.4 Å². The van der Waals surface area contributed by atoms with Gasteiger partial charge in [0.1, 0.15) is 12.4 Å². The van der Waals surface area contributed by atoms with E-state index >= 15 is 0 Å². The smallest absolute Gasteiger partial charge is 0.341 e. The summed E-state index contributed by atoms with van der Waals surface area (Å²) in [4.78, 5) is 11.7. The summed E-state index contributed by atoms with van der Waals surface area (Å²) in [5, 5.41) is 0.538. The molecule has 0 heterocycles. The molecule has 0 aliphatic rings. The van der Waals surface area contributed by atoms with Gasteiger partial charge in [0, 0.05) is 5.02 Å². The third-order valence-corrected chi connectivity index (χ3v) is 4.68. The predicted octanol–water partition coefficient (Wildman–Crippen LogP) is 2.74. The van der Waals surface area contributed by atoms with Gasteiger partial charge in [0.2, 0.25) is 10.0 Å². The van der Waals surface area contributed by atoms with Crippen LogP contribution in [0.4, 0.5) is 4.39 Å². The number of ether oxygens (including phenoxy) is 1. The molecule has 0 spiro atoms. The van der Waals surface area contributed by atoms with Gasteiger partial charge in [0.05, 0.1) is 10.5 Å². The molecule has 2 aromatic rings. The molecule has 0 unspecified atom stereocenters. The van der Waals surface area contributed by atoms with E-state index in [0.29, 0.717) is 10.6 Å². The number of benzene rings is 2. The van der Waals surface area contributed by atoms with E-state index in [4.69, 9.17) is 16.3 Å². The molecule has 0 bridgehead atoms. The first-order chi connectivity index (χ1) is 10.8. The Balaban J connectivity index is 2.18. The molecule has 0 fully saturated rings. The van der Waals surface area contributed by atoms with Crippen molar-refractivity contribution in [2.45, 2.75) is 11.5 Å². The molecule has 0 saturated carbocycles. The van der Waals surface area contributed by atoms with Crippen LogP contribution < -0.4 is 4.72 Å². The SMILES string of the molecule is CNS(=O)(=O)c1ccc(F)c(C(=O)OCc2ccc(Cl)cc2)c1. The second kappa shape index (κ2) is 7.08. The first-order valence-corrected chi connectivity index (χ1v) is 8.34. The van der Waals surface area contributed by atoms with Crippen molar-refractivity contribution in [3.63, 3.8) is 0 Å². The van der Waals surface area contributed by atoms with Gasteiger partial charge >= 0.3 is 5.97 Å². The lowest BCUT2D eigenvalue weighted by Gasteiger charge is -2.08. The molecule has 5 nitrogen and oxygen atoms in total. The molecule has 0 aromatic heterocycles. The van der Waals surface area contributed by atoms with Gasteiger partial charge in [0.15, 0.2) is 0 Å². The van der Waals surface area contributed by atoms with Crippen LogP contribution in [0.5, 0.6) is 0 Å². The molecule has 2 rings (SSSR count). The first-order valence-electron chi connectivity index (χ1n) is 6.48. The molecule has 0 aliphatic heterocycles. The van der Waals surface area contributed by atoms with Gasteiger partial charge in [-0.05, 0) is 42.9 Å². The fraction of sp³-hybridized carbons (Fsp3) is 0.133. The van der Waals surface area contributed by atoms with E-state index in [-0.39, 0.29) is 11.5 Å². The molecule has 2 aromatic carbocycles. The molecule has 0 amide bonds. The maximum atomic E-state index is 13.8. The lowest BCUT2D eigenvalue weighted by molar-refractivity contribution is 0.0467. The van der Waals surface area contributed by atoms with E-state index in [1.54, 1.807) is 24.3 Å². The van der Waals surface area contributed by atoms with Gasteiger partial charge in [-0.3, -0.25) is 0 Å². The number of carbonyl (C=O) groups excluding carboxylic acids is 1. The van der Waals surface area contributed by atoms with Crippen LogP contribution in [0.3, 0.4) is 0 Å². The first kappa shape index (κ1) is 17.4. The van der Waals surface area contributed by atoms with Crippen LogP contribution in [0.2, 0.25) is 5.02 Å². The molecule has 1 N–H and O–H groups in total. The Labute approximate surface area is 138 Å². The number of esters is 1. The Kier molecular flexibility index (Phi) is 5.35. The summed E-state index contributed by atoms with van der Waals surface area (Å²) in [5.74, 6) is -1.81. The average molecular weight is 358 g/mol. The molecule has 0 atom stereocenters. The van der Waals surface area contributed by atoms with E-state index in [2.05, 4.69) is 4.72 Å². The van der Waals surface area contributed by atoms with Gasteiger partial charge in [-0.1, -0.05) is 23.7 Å². The number of halogens is 2. The zero-order valence-corrected chi connectivity index (χ0v) is 13.6. The lowest BCUT2D eigenvalue weighted by atomic mass is 10.2. The third kappa shape index (κ3) is 4.28. The number of hydrogen-bond acceptors (Lipinski definition) is 4. The van der Waals surface area contributed by atoms with Crippen LogP contribution in [-0.4, -0.2) is 21.4 Å². The summed E-state index contributed by atoms with van der Waals surface area (Å²) in [6, 6.07) is 9.49. The van der Waals surface area contributed by atoms with Gasteiger partial charge in [0.25, 0.3) is 0 Å². The third-order valence-electron chi connectivity index (χ3n) is 3.02. The number of nitrogens with one attached hydrogen (secondary N) is 1. The Hall–Kier alpha value is -1.96. The van der Waals surface area contributed by atoms with Crippen LogP contribution >= 0.6 is 11.6 Å². The van der Waals surface area contributed by atoms with Crippen LogP contribution in [0, 0.1) is 5.82 Å². The van der Waals surface area contributed by atoms with E-state index in [9.17, 15) is 17.6 Å². The summed E-state index contributed by atoms with van der Waals surface area (Å²) >= 11 is 5.74.